The van der Waals surface area contributed by atoms with E-state index in [0.717, 1.165) is 0 Å². The maximum absolute atomic E-state index is 12.8. The van der Waals surface area contributed by atoms with Crippen LogP contribution in [0.25, 0.3) is 0 Å². The summed E-state index contributed by atoms with van der Waals surface area (Å²) >= 11 is 5.24. The molecule has 3 rings (SSSR count). The normalized spacial score (nSPS) is 15.0. The quantitative estimate of drug-likeness (QED) is 0.394. The van der Waals surface area contributed by atoms with Gasteiger partial charge in [0.1, 0.15) is 12.4 Å². The Morgan fingerprint density at radius 3 is 2.44 bits per heavy atom. The molecule has 0 spiro atoms. The second-order valence-electron chi connectivity index (χ2n) is 7.71. The average Bonchev–Trinajstić information content (AvgIpc) is 2.82. The van der Waals surface area contributed by atoms with E-state index in [1.54, 1.807) is 36.4 Å². The second-order valence-corrected chi connectivity index (χ2v) is 10.1. The number of hydrogen-bond donors (Lipinski definition) is 2. The van der Waals surface area contributed by atoms with Crippen molar-refractivity contribution in [2.24, 2.45) is 0 Å². The van der Waals surface area contributed by atoms with Crippen molar-refractivity contribution < 1.29 is 22.7 Å². The third-order valence-electron chi connectivity index (χ3n) is 5.24. The number of carbonyl (C=O) groups excluding carboxylic acids is 1. The summed E-state index contributed by atoms with van der Waals surface area (Å²) in [4.78, 5) is 14.9. The molecule has 184 valence electrons. The van der Waals surface area contributed by atoms with Crippen LogP contribution in [0.4, 0.5) is 5.69 Å². The van der Waals surface area contributed by atoms with Gasteiger partial charge in [-0.1, -0.05) is 6.07 Å². The molecule has 0 radical (unpaired) electrons. The lowest BCUT2D eigenvalue weighted by Gasteiger charge is -2.31. The molecule has 9 nitrogen and oxygen atoms in total. The molecular weight excluding hydrogens is 476 g/mol. The molecule has 34 heavy (non-hydrogen) atoms. The Hall–Kier alpha value is -2.57. The fraction of sp³-hybridized carbons (Fsp3) is 0.391. The van der Waals surface area contributed by atoms with E-state index in [2.05, 4.69) is 15.5 Å². The van der Waals surface area contributed by atoms with Gasteiger partial charge in [-0.25, -0.2) is 8.42 Å². The molecule has 0 unspecified atom stereocenters. The molecule has 11 heteroatoms. The number of sulfonamides is 1. The lowest BCUT2D eigenvalue weighted by Crippen LogP contribution is -2.46. The molecule has 2 aromatic rings. The standard InChI is InChI=1S/C23H30N4O5S2/c1-3-31-15-16-32-20-6-4-5-18(17-20)22(28)25-23(33)24-19-7-9-21(10-8-19)34(29,30)27-13-11-26(2)12-14-27/h4-10,17H,3,11-16H2,1-2H3,(H2,24,25,28,33). The van der Waals surface area contributed by atoms with Crippen LogP contribution in [0, 0.1) is 0 Å². The van der Waals surface area contributed by atoms with Crippen molar-refractivity contribution in [2.45, 2.75) is 11.8 Å². The van der Waals surface area contributed by atoms with Crippen LogP contribution in [0.2, 0.25) is 0 Å². The summed E-state index contributed by atoms with van der Waals surface area (Å²) in [6, 6.07) is 13.1. The lowest BCUT2D eigenvalue weighted by atomic mass is 10.2. The Kier molecular flexibility index (Phi) is 9.36. The minimum atomic E-state index is -3.54. The number of benzene rings is 2. The van der Waals surface area contributed by atoms with Gasteiger partial charge in [0.2, 0.25) is 10.0 Å². The highest BCUT2D eigenvalue weighted by molar-refractivity contribution is 7.89. The molecule has 1 aliphatic heterocycles. The SMILES string of the molecule is CCOCCOc1cccc(C(=O)NC(=S)Nc2ccc(S(=O)(=O)N3CCN(C)CC3)cc2)c1. The Labute approximate surface area is 206 Å². The highest BCUT2D eigenvalue weighted by Gasteiger charge is 2.27. The Morgan fingerprint density at radius 2 is 1.76 bits per heavy atom. The molecule has 2 N–H and O–H groups in total. The van der Waals surface area contributed by atoms with Crippen molar-refractivity contribution in [1.29, 1.82) is 0 Å². The van der Waals surface area contributed by atoms with Gasteiger partial charge in [-0.05, 0) is 68.7 Å². The van der Waals surface area contributed by atoms with Crippen molar-refractivity contribution >= 4 is 38.9 Å². The summed E-state index contributed by atoms with van der Waals surface area (Å²) in [5, 5.41) is 5.62. The number of carbonyl (C=O) groups is 1. The largest absolute Gasteiger partial charge is 0.491 e. The molecule has 0 saturated carbocycles. The number of rotatable bonds is 9. The Bertz CT molecular complexity index is 1080. The predicted molar refractivity (Wildman–Crippen MR) is 135 cm³/mol. The molecule has 0 bridgehead atoms. The first kappa shape index (κ1) is 26.0. The van der Waals surface area contributed by atoms with Crippen LogP contribution in [0.5, 0.6) is 5.75 Å². The van der Waals surface area contributed by atoms with Crippen LogP contribution in [0.1, 0.15) is 17.3 Å². The zero-order chi connectivity index (χ0) is 24.6. The van der Waals surface area contributed by atoms with E-state index in [9.17, 15) is 13.2 Å². The van der Waals surface area contributed by atoms with E-state index in [0.29, 0.717) is 63.0 Å². The summed E-state index contributed by atoms with van der Waals surface area (Å²) in [5.41, 5.74) is 0.960. The Balaban J connectivity index is 1.54. The van der Waals surface area contributed by atoms with Gasteiger partial charge in [0, 0.05) is 44.0 Å². The molecular formula is C23H30N4O5S2. The molecule has 1 amide bonds. The van der Waals surface area contributed by atoms with E-state index in [4.69, 9.17) is 21.7 Å². The van der Waals surface area contributed by atoms with Crippen LogP contribution in [0.15, 0.2) is 53.4 Å². The number of likely N-dealkylation sites (N-methyl/N-ethyl adjacent to an activating group) is 1. The van der Waals surface area contributed by atoms with Gasteiger partial charge in [0.15, 0.2) is 5.11 Å². The topological polar surface area (TPSA) is 100 Å². The molecule has 1 fully saturated rings. The monoisotopic (exact) mass is 506 g/mol. The number of anilines is 1. The van der Waals surface area contributed by atoms with E-state index < -0.39 is 10.0 Å². The zero-order valence-corrected chi connectivity index (χ0v) is 21.0. The number of hydrogen-bond acceptors (Lipinski definition) is 7. The van der Waals surface area contributed by atoms with Crippen molar-refractivity contribution in [3.63, 3.8) is 0 Å². The van der Waals surface area contributed by atoms with Gasteiger partial charge in [-0.2, -0.15) is 4.31 Å². The summed E-state index contributed by atoms with van der Waals surface area (Å²) in [6.07, 6.45) is 0. The number of ether oxygens (including phenoxy) is 2. The minimum Gasteiger partial charge on any atom is -0.491 e. The van der Waals surface area contributed by atoms with Gasteiger partial charge >= 0.3 is 0 Å². The summed E-state index contributed by atoms with van der Waals surface area (Å²) in [6.45, 7) is 5.72. The number of thiocarbonyl (C=S) groups is 1. The first-order valence-electron chi connectivity index (χ1n) is 11.0. The van der Waals surface area contributed by atoms with Crippen molar-refractivity contribution in [2.75, 3.05) is 58.4 Å². The van der Waals surface area contributed by atoms with Crippen LogP contribution in [-0.2, 0) is 14.8 Å². The minimum absolute atomic E-state index is 0.0994. The van der Waals surface area contributed by atoms with Crippen LogP contribution in [0.3, 0.4) is 0 Å². The van der Waals surface area contributed by atoms with Crippen molar-refractivity contribution in [3.05, 3.63) is 54.1 Å². The number of piperazine rings is 1. The van der Waals surface area contributed by atoms with E-state index >= 15 is 0 Å². The van der Waals surface area contributed by atoms with Crippen molar-refractivity contribution in [3.8, 4) is 5.75 Å². The maximum Gasteiger partial charge on any atom is 0.257 e. The summed E-state index contributed by atoms with van der Waals surface area (Å²) < 4.78 is 38.0. The molecule has 1 saturated heterocycles. The van der Waals surface area contributed by atoms with Gasteiger partial charge in [0.05, 0.1) is 11.5 Å². The maximum atomic E-state index is 12.8. The number of nitrogens with zero attached hydrogens (tertiary/aromatic N) is 2. The van der Waals surface area contributed by atoms with Crippen LogP contribution < -0.4 is 15.4 Å². The third kappa shape index (κ3) is 7.21. The lowest BCUT2D eigenvalue weighted by molar-refractivity contribution is 0.0976. The summed E-state index contributed by atoms with van der Waals surface area (Å²) in [7, 11) is -1.57. The second kappa shape index (κ2) is 12.2. The van der Waals surface area contributed by atoms with Gasteiger partial charge in [-0.3, -0.25) is 10.1 Å². The molecule has 0 aromatic heterocycles. The Morgan fingerprint density at radius 1 is 1.06 bits per heavy atom. The highest BCUT2D eigenvalue weighted by atomic mass is 32.2. The smallest absolute Gasteiger partial charge is 0.257 e. The van der Waals surface area contributed by atoms with Gasteiger partial charge in [0.25, 0.3) is 5.91 Å². The molecule has 2 aromatic carbocycles. The van der Waals surface area contributed by atoms with Gasteiger partial charge in [-0.15, -0.1) is 0 Å². The fourth-order valence-electron chi connectivity index (χ4n) is 3.32. The van der Waals surface area contributed by atoms with E-state index in [-0.39, 0.29) is 15.9 Å². The van der Waals surface area contributed by atoms with Crippen LogP contribution in [-0.4, -0.2) is 81.7 Å². The zero-order valence-electron chi connectivity index (χ0n) is 19.3. The van der Waals surface area contributed by atoms with Crippen LogP contribution >= 0.6 is 12.2 Å². The molecule has 0 aliphatic carbocycles. The highest BCUT2D eigenvalue weighted by Crippen LogP contribution is 2.20. The third-order valence-corrected chi connectivity index (χ3v) is 7.35. The van der Waals surface area contributed by atoms with E-state index in [1.807, 2.05) is 14.0 Å². The average molecular weight is 507 g/mol. The first-order chi connectivity index (χ1) is 16.3. The number of amides is 1. The fourth-order valence-corrected chi connectivity index (χ4v) is 4.95. The van der Waals surface area contributed by atoms with E-state index in [1.165, 1.54) is 16.4 Å². The van der Waals surface area contributed by atoms with Gasteiger partial charge < -0.3 is 19.7 Å². The summed E-state index contributed by atoms with van der Waals surface area (Å²) in [5.74, 6) is 0.172. The predicted octanol–water partition coefficient (Wildman–Crippen LogP) is 2.16. The number of nitrogens with one attached hydrogen (secondary N) is 2. The molecule has 0 atom stereocenters. The molecule has 1 aliphatic rings. The van der Waals surface area contributed by atoms with Crippen molar-refractivity contribution in [1.82, 2.24) is 14.5 Å². The molecule has 1 heterocycles. The first-order valence-corrected chi connectivity index (χ1v) is 12.9.